The quantitative estimate of drug-likeness (QED) is 0.263. The van der Waals surface area contributed by atoms with Crippen molar-refractivity contribution in [2.24, 2.45) is 0 Å². The number of methoxy groups -OCH3 is 2. The maximum atomic E-state index is 13.1. The fourth-order valence-electron chi connectivity index (χ4n) is 4.40. The topological polar surface area (TPSA) is 115 Å². The van der Waals surface area contributed by atoms with E-state index in [1.54, 1.807) is 42.5 Å². The average Bonchev–Trinajstić information content (AvgIpc) is 2.86. The van der Waals surface area contributed by atoms with Crippen molar-refractivity contribution in [1.82, 2.24) is 0 Å². The van der Waals surface area contributed by atoms with E-state index in [0.29, 0.717) is 22.6 Å². The minimum absolute atomic E-state index is 0.0130. The number of hydrogen-bond donors (Lipinski definition) is 2. The highest BCUT2D eigenvalue weighted by Crippen LogP contribution is 2.53. The van der Waals surface area contributed by atoms with Gasteiger partial charge in [-0.15, -0.1) is 0 Å². The van der Waals surface area contributed by atoms with Gasteiger partial charge in [-0.3, -0.25) is 9.59 Å². The Bertz CT molecular complexity index is 1490. The molecule has 0 saturated heterocycles. The van der Waals surface area contributed by atoms with Gasteiger partial charge in [-0.2, -0.15) is 0 Å². The second-order valence-electron chi connectivity index (χ2n) is 7.80. The highest BCUT2D eigenvalue weighted by atomic mass is 16.5. The minimum atomic E-state index is -0.718. The molecular formula is C26H20O8. The van der Waals surface area contributed by atoms with Crippen LogP contribution in [0.3, 0.4) is 0 Å². The lowest BCUT2D eigenvalue weighted by atomic mass is 9.84. The monoisotopic (exact) mass is 460 g/mol. The van der Waals surface area contributed by atoms with E-state index in [0.717, 1.165) is 0 Å². The molecule has 34 heavy (non-hydrogen) atoms. The van der Waals surface area contributed by atoms with Crippen LogP contribution in [0.1, 0.15) is 23.5 Å². The number of phenols is 2. The van der Waals surface area contributed by atoms with Crippen LogP contribution in [0.25, 0.3) is 22.3 Å². The number of esters is 1. The van der Waals surface area contributed by atoms with Gasteiger partial charge in [0.05, 0.1) is 26.2 Å². The molecule has 1 aliphatic rings. The first-order valence-corrected chi connectivity index (χ1v) is 10.5. The molecule has 8 nitrogen and oxygen atoms in total. The van der Waals surface area contributed by atoms with Crippen molar-refractivity contribution in [3.05, 3.63) is 75.9 Å². The number of rotatable bonds is 4. The van der Waals surface area contributed by atoms with Crippen LogP contribution in [0.2, 0.25) is 0 Å². The predicted octanol–water partition coefficient (Wildman–Crippen LogP) is 4.33. The van der Waals surface area contributed by atoms with E-state index in [9.17, 15) is 19.8 Å². The van der Waals surface area contributed by atoms with Gasteiger partial charge in [0.15, 0.2) is 28.4 Å². The Kier molecular flexibility index (Phi) is 5.13. The van der Waals surface area contributed by atoms with E-state index in [4.69, 9.17) is 18.6 Å². The molecule has 2 heterocycles. The summed E-state index contributed by atoms with van der Waals surface area (Å²) in [6, 6.07) is 15.4. The van der Waals surface area contributed by atoms with E-state index < -0.39 is 28.8 Å². The van der Waals surface area contributed by atoms with Crippen molar-refractivity contribution in [3.63, 3.8) is 0 Å². The summed E-state index contributed by atoms with van der Waals surface area (Å²) in [7, 11) is 2.97. The first-order valence-electron chi connectivity index (χ1n) is 10.5. The smallest absolute Gasteiger partial charge is 0.312 e. The fraction of sp³-hybridized carbons (Fsp3) is 0.154. The summed E-state index contributed by atoms with van der Waals surface area (Å²) in [5.74, 6) is -1.93. The van der Waals surface area contributed by atoms with Crippen molar-refractivity contribution in [2.45, 2.75) is 12.3 Å². The van der Waals surface area contributed by atoms with Crippen LogP contribution in [0.15, 0.2) is 63.8 Å². The Morgan fingerprint density at radius 3 is 2.41 bits per heavy atom. The second kappa shape index (κ2) is 8.15. The number of phenolic OH excluding ortho intramolecular Hbond substituents is 2. The van der Waals surface area contributed by atoms with Gasteiger partial charge in [0.1, 0.15) is 16.7 Å². The molecule has 5 rings (SSSR count). The van der Waals surface area contributed by atoms with Gasteiger partial charge in [0.2, 0.25) is 5.75 Å². The molecule has 8 heteroatoms. The standard InChI is InChI=1S/C26H20O8/c1-31-17-10-6-9-14(24(17)32-2)15-11-19(28)34-26-20(15)25-21(22(29)23(26)30)16(27)12-18(33-25)13-7-4-3-5-8-13/h3-10,12,15,29-30H,11H2,1-2H3/t15-/m0/s1. The first kappa shape index (κ1) is 21.4. The molecule has 0 bridgehead atoms. The maximum absolute atomic E-state index is 13.1. The van der Waals surface area contributed by atoms with Gasteiger partial charge < -0.3 is 28.8 Å². The van der Waals surface area contributed by atoms with E-state index in [-0.39, 0.29) is 34.5 Å². The number of benzene rings is 3. The largest absolute Gasteiger partial charge is 0.504 e. The van der Waals surface area contributed by atoms with Crippen molar-refractivity contribution in [1.29, 1.82) is 0 Å². The Morgan fingerprint density at radius 2 is 1.71 bits per heavy atom. The third-order valence-corrected chi connectivity index (χ3v) is 5.92. The number of carbonyl (C=O) groups is 1. The van der Waals surface area contributed by atoms with E-state index in [1.807, 2.05) is 6.07 Å². The van der Waals surface area contributed by atoms with Crippen molar-refractivity contribution < 1.29 is 33.6 Å². The zero-order chi connectivity index (χ0) is 24.0. The second-order valence-corrected chi connectivity index (χ2v) is 7.80. The molecule has 2 N–H and O–H groups in total. The highest BCUT2D eigenvalue weighted by molar-refractivity contribution is 5.96. The maximum Gasteiger partial charge on any atom is 0.312 e. The third-order valence-electron chi connectivity index (χ3n) is 5.92. The summed E-state index contributed by atoms with van der Waals surface area (Å²) in [6.45, 7) is 0. The molecule has 0 amide bonds. The molecule has 1 aromatic heterocycles. The Balaban J connectivity index is 1.89. The lowest BCUT2D eigenvalue weighted by Crippen LogP contribution is -2.22. The van der Waals surface area contributed by atoms with E-state index >= 15 is 0 Å². The van der Waals surface area contributed by atoms with Gasteiger partial charge in [0, 0.05) is 23.1 Å². The SMILES string of the molecule is COc1cccc([C@@H]2CC(=O)Oc3c(O)c(O)c4c(=O)cc(-c5ccccc5)oc4c32)c1OC. The normalized spacial score (nSPS) is 15.0. The Labute approximate surface area is 193 Å². The molecule has 0 radical (unpaired) electrons. The molecule has 1 atom stereocenters. The summed E-state index contributed by atoms with van der Waals surface area (Å²) in [6.07, 6.45) is -0.116. The molecule has 4 aromatic rings. The zero-order valence-electron chi connectivity index (χ0n) is 18.3. The van der Waals surface area contributed by atoms with Crippen LogP contribution in [-0.4, -0.2) is 30.4 Å². The Hall–Kier alpha value is -4.46. The minimum Gasteiger partial charge on any atom is -0.504 e. The number of carbonyl (C=O) groups excluding carboxylic acids is 1. The number of aromatic hydroxyl groups is 2. The number of para-hydroxylation sites is 1. The number of hydrogen-bond acceptors (Lipinski definition) is 8. The van der Waals surface area contributed by atoms with Crippen LogP contribution < -0.4 is 19.6 Å². The van der Waals surface area contributed by atoms with Crippen molar-refractivity contribution in [3.8, 4) is 40.1 Å². The molecule has 3 aromatic carbocycles. The Morgan fingerprint density at radius 1 is 0.941 bits per heavy atom. The van der Waals surface area contributed by atoms with Gasteiger partial charge >= 0.3 is 5.97 Å². The number of fused-ring (bicyclic) bond motifs is 3. The summed E-state index contributed by atoms with van der Waals surface area (Å²) in [5.41, 5.74) is 0.930. The molecule has 0 spiro atoms. The van der Waals surface area contributed by atoms with Gasteiger partial charge in [-0.25, -0.2) is 0 Å². The van der Waals surface area contributed by atoms with Crippen LogP contribution in [-0.2, 0) is 4.79 Å². The molecule has 172 valence electrons. The van der Waals surface area contributed by atoms with Crippen LogP contribution in [0.5, 0.6) is 28.7 Å². The number of ether oxygens (including phenoxy) is 3. The van der Waals surface area contributed by atoms with E-state index in [1.165, 1.54) is 20.3 Å². The highest BCUT2D eigenvalue weighted by Gasteiger charge is 2.38. The van der Waals surface area contributed by atoms with Crippen LogP contribution in [0.4, 0.5) is 0 Å². The summed E-state index contributed by atoms with van der Waals surface area (Å²) in [4.78, 5) is 25.6. The van der Waals surface area contributed by atoms with Crippen LogP contribution >= 0.6 is 0 Å². The van der Waals surface area contributed by atoms with Gasteiger partial charge in [-0.1, -0.05) is 42.5 Å². The van der Waals surface area contributed by atoms with Crippen molar-refractivity contribution >= 4 is 16.9 Å². The van der Waals surface area contributed by atoms with Crippen LogP contribution in [0, 0.1) is 0 Å². The molecule has 0 aliphatic carbocycles. The lowest BCUT2D eigenvalue weighted by molar-refractivity contribution is -0.135. The third kappa shape index (κ3) is 3.23. The van der Waals surface area contributed by atoms with E-state index in [2.05, 4.69) is 0 Å². The van der Waals surface area contributed by atoms with Gasteiger partial charge in [0.25, 0.3) is 0 Å². The van der Waals surface area contributed by atoms with Gasteiger partial charge in [-0.05, 0) is 6.07 Å². The summed E-state index contributed by atoms with van der Waals surface area (Å²) >= 11 is 0. The predicted molar refractivity (Wildman–Crippen MR) is 123 cm³/mol. The molecule has 1 aliphatic heterocycles. The molecule has 0 fully saturated rings. The molecule has 0 saturated carbocycles. The molecule has 0 unspecified atom stereocenters. The molecular weight excluding hydrogens is 440 g/mol. The first-order chi connectivity index (χ1) is 16.4. The lowest BCUT2D eigenvalue weighted by Gasteiger charge is -2.28. The van der Waals surface area contributed by atoms with Crippen molar-refractivity contribution in [2.75, 3.05) is 14.2 Å². The zero-order valence-corrected chi connectivity index (χ0v) is 18.3. The fourth-order valence-corrected chi connectivity index (χ4v) is 4.40. The summed E-state index contributed by atoms with van der Waals surface area (Å²) in [5, 5.41) is 21.1. The summed E-state index contributed by atoms with van der Waals surface area (Å²) < 4.78 is 22.5. The average molecular weight is 460 g/mol.